The molecule has 0 atom stereocenters. The molecule has 0 aromatic rings. The van der Waals surface area contributed by atoms with Crippen LogP contribution in [0, 0.1) is 11.3 Å². The highest BCUT2D eigenvalue weighted by molar-refractivity contribution is 5.79. The van der Waals surface area contributed by atoms with E-state index >= 15 is 0 Å². The number of ether oxygens (including phenoxy) is 1. The molecule has 2 aliphatic rings. The average molecular weight is 211 g/mol. The first-order valence-corrected chi connectivity index (χ1v) is 5.93. The molecule has 0 aromatic carbocycles. The van der Waals surface area contributed by atoms with Gasteiger partial charge in [-0.1, -0.05) is 0 Å². The second kappa shape index (κ2) is 4.12. The Bertz CT molecular complexity index is 240. The number of methoxy groups -OCH3 is 1. The van der Waals surface area contributed by atoms with Gasteiger partial charge >= 0.3 is 5.97 Å². The lowest BCUT2D eigenvalue weighted by Crippen LogP contribution is -2.32. The molecule has 15 heavy (non-hydrogen) atoms. The second-order valence-electron chi connectivity index (χ2n) is 5.22. The molecule has 1 aliphatic carbocycles. The molecular weight excluding hydrogens is 190 g/mol. The lowest BCUT2D eigenvalue weighted by atomic mass is 9.85. The number of piperidine rings is 1. The maximum atomic E-state index is 11.6. The van der Waals surface area contributed by atoms with E-state index in [-0.39, 0.29) is 11.4 Å². The highest BCUT2D eigenvalue weighted by Crippen LogP contribution is 2.52. The van der Waals surface area contributed by atoms with Gasteiger partial charge in [-0.15, -0.1) is 0 Å². The predicted octanol–water partition coefficient (Wildman–Crippen LogP) is 1.67. The zero-order valence-electron chi connectivity index (χ0n) is 9.79. The van der Waals surface area contributed by atoms with Crippen molar-refractivity contribution in [2.75, 3.05) is 27.2 Å². The lowest BCUT2D eigenvalue weighted by Gasteiger charge is -2.30. The highest BCUT2D eigenvalue weighted by Gasteiger charge is 2.51. The molecule has 1 aliphatic heterocycles. The number of hydrogen-bond donors (Lipinski definition) is 0. The summed E-state index contributed by atoms with van der Waals surface area (Å²) in [6.07, 6.45) is 5.65. The minimum Gasteiger partial charge on any atom is -0.469 e. The number of hydrogen-bond acceptors (Lipinski definition) is 3. The van der Waals surface area contributed by atoms with Crippen LogP contribution < -0.4 is 0 Å². The van der Waals surface area contributed by atoms with Gasteiger partial charge in [0.1, 0.15) is 0 Å². The van der Waals surface area contributed by atoms with Gasteiger partial charge in [0.05, 0.1) is 12.5 Å². The van der Waals surface area contributed by atoms with E-state index < -0.39 is 0 Å². The van der Waals surface area contributed by atoms with E-state index in [1.165, 1.54) is 33.0 Å². The molecule has 0 amide bonds. The van der Waals surface area contributed by atoms with E-state index in [0.29, 0.717) is 0 Å². The Morgan fingerprint density at radius 3 is 2.47 bits per heavy atom. The third kappa shape index (κ3) is 2.33. The van der Waals surface area contributed by atoms with Gasteiger partial charge in [-0.25, -0.2) is 0 Å². The van der Waals surface area contributed by atoms with E-state index in [2.05, 4.69) is 11.9 Å². The first kappa shape index (κ1) is 10.9. The van der Waals surface area contributed by atoms with Crippen molar-refractivity contribution in [3.05, 3.63) is 0 Å². The first-order chi connectivity index (χ1) is 7.16. The summed E-state index contributed by atoms with van der Waals surface area (Å²) in [5.41, 5.74) is -0.0741. The molecule has 0 unspecified atom stereocenters. The topological polar surface area (TPSA) is 29.5 Å². The van der Waals surface area contributed by atoms with Gasteiger partial charge in [-0.05, 0) is 58.2 Å². The molecule has 0 radical (unpaired) electrons. The molecule has 0 N–H and O–H groups in total. The minimum absolute atomic E-state index is 0.0291. The zero-order chi connectivity index (χ0) is 10.9. The van der Waals surface area contributed by atoms with Gasteiger partial charge in [0.15, 0.2) is 0 Å². The van der Waals surface area contributed by atoms with E-state index in [0.717, 1.165) is 25.2 Å². The summed E-state index contributed by atoms with van der Waals surface area (Å²) >= 11 is 0. The summed E-state index contributed by atoms with van der Waals surface area (Å²) in [5, 5.41) is 0. The Morgan fingerprint density at radius 1 is 1.40 bits per heavy atom. The standard InChI is InChI=1S/C12H21NO2/c1-13-7-3-10(4-8-13)9-12(5-6-12)11(14)15-2/h10H,3-9H2,1-2H3. The van der Waals surface area contributed by atoms with Gasteiger partial charge in [0, 0.05) is 0 Å². The molecule has 2 rings (SSSR count). The molecular formula is C12H21NO2. The normalized spacial score (nSPS) is 26.3. The van der Waals surface area contributed by atoms with Crippen LogP contribution in [0.5, 0.6) is 0 Å². The molecule has 2 fully saturated rings. The number of nitrogens with zero attached hydrogens (tertiary/aromatic N) is 1. The molecule has 1 saturated carbocycles. The van der Waals surface area contributed by atoms with Crippen LogP contribution in [0.2, 0.25) is 0 Å². The van der Waals surface area contributed by atoms with Crippen LogP contribution in [-0.2, 0) is 9.53 Å². The number of carbonyl (C=O) groups excluding carboxylic acids is 1. The van der Waals surface area contributed by atoms with Crippen molar-refractivity contribution in [2.45, 2.75) is 32.1 Å². The van der Waals surface area contributed by atoms with Gasteiger partial charge in [0.25, 0.3) is 0 Å². The second-order valence-corrected chi connectivity index (χ2v) is 5.22. The summed E-state index contributed by atoms with van der Waals surface area (Å²) in [6, 6.07) is 0. The van der Waals surface area contributed by atoms with E-state index in [9.17, 15) is 4.79 Å². The summed E-state index contributed by atoms with van der Waals surface area (Å²) in [7, 11) is 3.68. The molecule has 1 heterocycles. The fourth-order valence-electron chi connectivity index (χ4n) is 2.68. The zero-order valence-corrected chi connectivity index (χ0v) is 9.79. The molecule has 3 nitrogen and oxygen atoms in total. The summed E-state index contributed by atoms with van der Waals surface area (Å²) in [4.78, 5) is 14.0. The Hall–Kier alpha value is -0.570. The lowest BCUT2D eigenvalue weighted by molar-refractivity contribution is -0.148. The maximum absolute atomic E-state index is 11.6. The number of esters is 1. The monoisotopic (exact) mass is 211 g/mol. The summed E-state index contributed by atoms with van der Waals surface area (Å²) in [6.45, 7) is 2.36. The number of carbonyl (C=O) groups is 1. The summed E-state index contributed by atoms with van der Waals surface area (Å²) in [5.74, 6) is 0.768. The van der Waals surface area contributed by atoms with Crippen molar-refractivity contribution < 1.29 is 9.53 Å². The Labute approximate surface area is 91.8 Å². The van der Waals surface area contributed by atoms with Gasteiger partial charge in [-0.2, -0.15) is 0 Å². The fraction of sp³-hybridized carbons (Fsp3) is 0.917. The van der Waals surface area contributed by atoms with Gasteiger partial charge in [-0.3, -0.25) is 4.79 Å². The highest BCUT2D eigenvalue weighted by atomic mass is 16.5. The average Bonchev–Trinajstić information content (AvgIpc) is 3.01. The van der Waals surface area contributed by atoms with Crippen molar-refractivity contribution >= 4 is 5.97 Å². The van der Waals surface area contributed by atoms with Crippen LogP contribution in [0.15, 0.2) is 0 Å². The van der Waals surface area contributed by atoms with Gasteiger partial charge in [0.2, 0.25) is 0 Å². The van der Waals surface area contributed by atoms with Crippen LogP contribution in [0.3, 0.4) is 0 Å². The van der Waals surface area contributed by atoms with Crippen molar-refractivity contribution in [3.63, 3.8) is 0 Å². The third-order valence-electron chi connectivity index (χ3n) is 3.99. The van der Waals surface area contributed by atoms with Crippen LogP contribution >= 0.6 is 0 Å². The van der Waals surface area contributed by atoms with Crippen LogP contribution in [0.1, 0.15) is 32.1 Å². The maximum Gasteiger partial charge on any atom is 0.311 e. The molecule has 0 spiro atoms. The Morgan fingerprint density at radius 2 is 2.00 bits per heavy atom. The van der Waals surface area contributed by atoms with Crippen LogP contribution in [0.25, 0.3) is 0 Å². The van der Waals surface area contributed by atoms with E-state index in [1.54, 1.807) is 0 Å². The van der Waals surface area contributed by atoms with E-state index in [4.69, 9.17) is 4.74 Å². The Balaban J connectivity index is 1.84. The van der Waals surface area contributed by atoms with Gasteiger partial charge < -0.3 is 9.64 Å². The molecule has 1 saturated heterocycles. The van der Waals surface area contributed by atoms with Crippen molar-refractivity contribution in [3.8, 4) is 0 Å². The predicted molar refractivity (Wildman–Crippen MR) is 58.5 cm³/mol. The quantitative estimate of drug-likeness (QED) is 0.665. The minimum atomic E-state index is -0.0741. The summed E-state index contributed by atoms with van der Waals surface area (Å²) < 4.78 is 4.89. The fourth-order valence-corrected chi connectivity index (χ4v) is 2.68. The largest absolute Gasteiger partial charge is 0.469 e. The molecule has 86 valence electrons. The third-order valence-corrected chi connectivity index (χ3v) is 3.99. The van der Waals surface area contributed by atoms with Crippen molar-refractivity contribution in [1.29, 1.82) is 0 Å². The number of rotatable bonds is 3. The number of likely N-dealkylation sites (tertiary alicyclic amines) is 1. The van der Waals surface area contributed by atoms with Crippen LogP contribution in [-0.4, -0.2) is 38.1 Å². The van der Waals surface area contributed by atoms with Crippen molar-refractivity contribution in [1.82, 2.24) is 4.90 Å². The van der Waals surface area contributed by atoms with E-state index in [1.807, 2.05) is 0 Å². The SMILES string of the molecule is COC(=O)C1(CC2CCN(C)CC2)CC1. The molecule has 3 heteroatoms. The smallest absolute Gasteiger partial charge is 0.311 e. The first-order valence-electron chi connectivity index (χ1n) is 5.93. The van der Waals surface area contributed by atoms with Crippen molar-refractivity contribution in [2.24, 2.45) is 11.3 Å². The Kier molecular flexibility index (Phi) is 3.01. The molecule has 0 bridgehead atoms. The van der Waals surface area contributed by atoms with Crippen LogP contribution in [0.4, 0.5) is 0 Å². The molecule has 0 aromatic heterocycles.